The molecule has 1 heterocycles. The maximum Gasteiger partial charge on any atom is 0.346 e. The maximum absolute atomic E-state index is 13.3. The molecule has 2 aromatic carbocycles. The summed E-state index contributed by atoms with van der Waals surface area (Å²) in [6.07, 6.45) is 1.78. The summed E-state index contributed by atoms with van der Waals surface area (Å²) >= 11 is 0. The van der Waals surface area contributed by atoms with Crippen molar-refractivity contribution < 1.29 is 18.7 Å². The lowest BCUT2D eigenvalue weighted by Crippen LogP contribution is -2.32. The molecular formula is C22H21FN4O4. The van der Waals surface area contributed by atoms with Crippen LogP contribution >= 0.6 is 0 Å². The zero-order valence-electron chi connectivity index (χ0n) is 16.9. The molecular weight excluding hydrogens is 403 g/mol. The van der Waals surface area contributed by atoms with Gasteiger partial charge in [0.05, 0.1) is 12.1 Å². The van der Waals surface area contributed by atoms with Crippen LogP contribution in [-0.4, -0.2) is 32.8 Å². The lowest BCUT2D eigenvalue weighted by molar-refractivity contribution is -0.131. The average Bonchev–Trinajstić information content (AvgIpc) is 3.52. The summed E-state index contributed by atoms with van der Waals surface area (Å²) in [5.74, 6) is -0.656. The highest BCUT2D eigenvalue weighted by atomic mass is 19.1. The number of carbonyl (C=O) groups is 2. The van der Waals surface area contributed by atoms with E-state index in [1.165, 1.54) is 29.8 Å². The Kier molecular flexibility index (Phi) is 5.66. The van der Waals surface area contributed by atoms with Crippen LogP contribution in [-0.2, 0) is 11.3 Å². The third-order valence-electron chi connectivity index (χ3n) is 4.88. The number of carbonyl (C=O) groups excluding carboxylic acids is 2. The normalized spacial score (nSPS) is 13.1. The molecule has 31 heavy (non-hydrogen) atoms. The number of ether oxygens (including phenoxy) is 1. The molecule has 1 fully saturated rings. The molecule has 1 saturated carbocycles. The Hall–Kier alpha value is -3.75. The first kappa shape index (κ1) is 20.5. The Morgan fingerprint density at radius 2 is 1.87 bits per heavy atom. The Morgan fingerprint density at radius 1 is 1.16 bits per heavy atom. The molecule has 1 amide bonds. The van der Waals surface area contributed by atoms with E-state index in [4.69, 9.17) is 4.74 Å². The number of aromatic nitrogens is 3. The highest BCUT2D eigenvalue weighted by molar-refractivity contribution is 5.97. The second-order valence-corrected chi connectivity index (χ2v) is 7.28. The quantitative estimate of drug-likeness (QED) is 0.465. The van der Waals surface area contributed by atoms with Crippen LogP contribution in [0.25, 0.3) is 11.4 Å². The van der Waals surface area contributed by atoms with E-state index in [1.807, 2.05) is 0 Å². The first-order valence-electron chi connectivity index (χ1n) is 9.95. The molecule has 0 saturated heterocycles. The summed E-state index contributed by atoms with van der Waals surface area (Å²) in [5, 5.41) is 7.14. The van der Waals surface area contributed by atoms with Crippen molar-refractivity contribution >= 4 is 11.9 Å². The van der Waals surface area contributed by atoms with Crippen molar-refractivity contribution in [3.05, 3.63) is 70.4 Å². The van der Waals surface area contributed by atoms with Crippen LogP contribution in [0.4, 0.5) is 4.39 Å². The minimum absolute atomic E-state index is 0.0894. The molecule has 160 valence electrons. The zero-order chi connectivity index (χ0) is 22.0. The lowest BCUT2D eigenvalue weighted by atomic mass is 10.2. The Balaban J connectivity index is 1.49. The van der Waals surface area contributed by atoms with Gasteiger partial charge in [-0.1, -0.05) is 12.1 Å². The van der Waals surface area contributed by atoms with Gasteiger partial charge in [-0.15, -0.1) is 5.10 Å². The van der Waals surface area contributed by atoms with Gasteiger partial charge in [-0.2, -0.15) is 0 Å². The summed E-state index contributed by atoms with van der Waals surface area (Å²) < 4.78 is 21.3. The SMILES string of the molecule is CC(=O)Oc1ccccc1C(=O)NCCn1nc(-c2ccc(F)cc2)n(C2CC2)c1=O. The highest BCUT2D eigenvalue weighted by Crippen LogP contribution is 2.36. The number of nitrogens with zero attached hydrogens (tertiary/aromatic N) is 3. The van der Waals surface area contributed by atoms with Gasteiger partial charge in [-0.25, -0.2) is 13.9 Å². The third kappa shape index (κ3) is 4.55. The number of hydrogen-bond acceptors (Lipinski definition) is 5. The average molecular weight is 424 g/mol. The van der Waals surface area contributed by atoms with E-state index in [2.05, 4.69) is 10.4 Å². The van der Waals surface area contributed by atoms with E-state index in [0.717, 1.165) is 12.8 Å². The molecule has 0 spiro atoms. The predicted molar refractivity (Wildman–Crippen MR) is 110 cm³/mol. The van der Waals surface area contributed by atoms with Crippen molar-refractivity contribution in [2.45, 2.75) is 32.4 Å². The molecule has 4 rings (SSSR count). The lowest BCUT2D eigenvalue weighted by Gasteiger charge is -2.09. The van der Waals surface area contributed by atoms with E-state index >= 15 is 0 Å². The molecule has 0 atom stereocenters. The first-order chi connectivity index (χ1) is 14.9. The van der Waals surface area contributed by atoms with Crippen molar-refractivity contribution in [2.24, 2.45) is 0 Å². The van der Waals surface area contributed by atoms with Gasteiger partial charge in [-0.05, 0) is 49.2 Å². The summed E-state index contributed by atoms with van der Waals surface area (Å²) in [6, 6.07) is 12.3. The fourth-order valence-corrected chi connectivity index (χ4v) is 3.29. The second-order valence-electron chi connectivity index (χ2n) is 7.28. The summed E-state index contributed by atoms with van der Waals surface area (Å²) in [7, 11) is 0. The summed E-state index contributed by atoms with van der Waals surface area (Å²) in [4.78, 5) is 36.6. The van der Waals surface area contributed by atoms with Crippen LogP contribution in [0.2, 0.25) is 0 Å². The molecule has 0 aliphatic heterocycles. The van der Waals surface area contributed by atoms with Gasteiger partial charge in [0, 0.05) is 25.1 Å². The standard InChI is InChI=1S/C22H21FN4O4/c1-14(28)31-19-5-3-2-4-18(19)21(29)24-12-13-26-22(30)27(17-10-11-17)20(25-26)15-6-8-16(23)9-7-15/h2-9,17H,10-13H2,1H3,(H,24,29). The molecule has 3 aromatic rings. The van der Waals surface area contributed by atoms with E-state index < -0.39 is 11.9 Å². The second kappa shape index (κ2) is 8.55. The van der Waals surface area contributed by atoms with Crippen LogP contribution in [0.5, 0.6) is 5.75 Å². The van der Waals surface area contributed by atoms with Crippen LogP contribution in [0.3, 0.4) is 0 Å². The summed E-state index contributed by atoms with van der Waals surface area (Å²) in [6.45, 7) is 1.57. The number of para-hydroxylation sites is 1. The fourth-order valence-electron chi connectivity index (χ4n) is 3.29. The Morgan fingerprint density at radius 3 is 2.55 bits per heavy atom. The number of halogens is 1. The van der Waals surface area contributed by atoms with Crippen molar-refractivity contribution in [3.63, 3.8) is 0 Å². The van der Waals surface area contributed by atoms with E-state index in [9.17, 15) is 18.8 Å². The Labute approximate surface area is 177 Å². The number of hydrogen-bond donors (Lipinski definition) is 1. The molecule has 1 aliphatic rings. The first-order valence-corrected chi connectivity index (χ1v) is 9.95. The highest BCUT2D eigenvalue weighted by Gasteiger charge is 2.30. The minimum Gasteiger partial charge on any atom is -0.426 e. The zero-order valence-corrected chi connectivity index (χ0v) is 16.9. The van der Waals surface area contributed by atoms with Crippen molar-refractivity contribution in [1.29, 1.82) is 0 Å². The smallest absolute Gasteiger partial charge is 0.346 e. The predicted octanol–water partition coefficient (Wildman–Crippen LogP) is 2.54. The van der Waals surface area contributed by atoms with E-state index in [1.54, 1.807) is 34.9 Å². The van der Waals surface area contributed by atoms with Gasteiger partial charge in [-0.3, -0.25) is 14.2 Å². The van der Waals surface area contributed by atoms with E-state index in [0.29, 0.717) is 11.4 Å². The fraction of sp³-hybridized carbons (Fsp3) is 0.273. The van der Waals surface area contributed by atoms with Crippen molar-refractivity contribution in [1.82, 2.24) is 19.7 Å². The van der Waals surface area contributed by atoms with Crippen molar-refractivity contribution in [2.75, 3.05) is 6.54 Å². The molecule has 0 unspecified atom stereocenters. The largest absolute Gasteiger partial charge is 0.426 e. The number of rotatable bonds is 7. The minimum atomic E-state index is -0.522. The van der Waals surface area contributed by atoms with Gasteiger partial charge in [0.15, 0.2) is 5.82 Å². The number of amides is 1. The molecule has 8 nitrogen and oxygen atoms in total. The van der Waals surface area contributed by atoms with Crippen LogP contribution in [0, 0.1) is 5.82 Å². The Bertz CT molecular complexity index is 1180. The maximum atomic E-state index is 13.3. The number of benzene rings is 2. The summed E-state index contributed by atoms with van der Waals surface area (Å²) in [5.41, 5.74) is 0.612. The van der Waals surface area contributed by atoms with Gasteiger partial charge in [0.2, 0.25) is 0 Å². The van der Waals surface area contributed by atoms with Crippen LogP contribution in [0.1, 0.15) is 36.2 Å². The number of nitrogens with one attached hydrogen (secondary N) is 1. The van der Waals surface area contributed by atoms with Gasteiger partial charge < -0.3 is 10.1 Å². The molecule has 1 aliphatic carbocycles. The van der Waals surface area contributed by atoms with Gasteiger partial charge in [0.1, 0.15) is 11.6 Å². The van der Waals surface area contributed by atoms with Crippen LogP contribution in [0.15, 0.2) is 53.3 Å². The molecule has 0 bridgehead atoms. The van der Waals surface area contributed by atoms with Gasteiger partial charge >= 0.3 is 11.7 Å². The monoisotopic (exact) mass is 424 g/mol. The molecule has 1 N–H and O–H groups in total. The van der Waals surface area contributed by atoms with Crippen molar-refractivity contribution in [3.8, 4) is 17.1 Å². The van der Waals surface area contributed by atoms with Crippen LogP contribution < -0.4 is 15.7 Å². The van der Waals surface area contributed by atoms with E-state index in [-0.39, 0.29) is 42.0 Å². The topological polar surface area (TPSA) is 95.2 Å². The molecule has 0 radical (unpaired) electrons. The molecule has 1 aromatic heterocycles. The molecule has 9 heteroatoms. The number of esters is 1. The van der Waals surface area contributed by atoms with Gasteiger partial charge in [0.25, 0.3) is 5.91 Å². The third-order valence-corrected chi connectivity index (χ3v) is 4.88.